The number of aromatic nitrogens is 5. The highest BCUT2D eigenvalue weighted by Crippen LogP contribution is 2.29. The van der Waals surface area contributed by atoms with Crippen molar-refractivity contribution in [1.29, 1.82) is 0 Å². The molecule has 0 aliphatic carbocycles. The maximum Gasteiger partial charge on any atom is 0.425 e. The van der Waals surface area contributed by atoms with Crippen molar-refractivity contribution in [3.63, 3.8) is 0 Å². The maximum atomic E-state index is 13.6. The molecular formula is C16H14F5N5O. The van der Waals surface area contributed by atoms with Crippen molar-refractivity contribution < 1.29 is 26.7 Å². The summed E-state index contributed by atoms with van der Waals surface area (Å²) in [6, 6.07) is 4.23. The molecule has 11 heteroatoms. The molecule has 0 fully saturated rings. The molecule has 6 nitrogen and oxygen atoms in total. The highest BCUT2D eigenvalue weighted by Gasteiger charge is 2.38. The van der Waals surface area contributed by atoms with Crippen molar-refractivity contribution in [3.8, 4) is 17.1 Å². The molecule has 0 unspecified atom stereocenters. The first-order chi connectivity index (χ1) is 12.5. The van der Waals surface area contributed by atoms with Gasteiger partial charge in [0.2, 0.25) is 11.7 Å². The minimum Gasteiger partial charge on any atom is -0.465 e. The number of hydrogen-bond donors (Lipinski definition) is 0. The van der Waals surface area contributed by atoms with E-state index in [1.165, 1.54) is 24.4 Å². The molecule has 0 radical (unpaired) electrons. The Bertz CT molecular complexity index is 962. The zero-order chi connectivity index (χ0) is 20.0. The highest BCUT2D eigenvalue weighted by atomic mass is 19.4. The first-order valence-electron chi connectivity index (χ1n) is 7.78. The molecule has 3 rings (SSSR count). The number of fused-ring (bicyclic) bond motifs is 1. The molecule has 0 aromatic carbocycles. The van der Waals surface area contributed by atoms with Crippen molar-refractivity contribution in [2.45, 2.75) is 39.0 Å². The molecule has 0 aliphatic heterocycles. The van der Waals surface area contributed by atoms with E-state index >= 15 is 0 Å². The van der Waals surface area contributed by atoms with E-state index < -0.39 is 24.0 Å². The van der Waals surface area contributed by atoms with Gasteiger partial charge in [-0.2, -0.15) is 31.6 Å². The molecule has 3 heterocycles. The van der Waals surface area contributed by atoms with Crippen molar-refractivity contribution in [3.05, 3.63) is 35.8 Å². The second kappa shape index (κ2) is 6.39. The summed E-state index contributed by atoms with van der Waals surface area (Å²) in [5.41, 5.74) is 1.50. The van der Waals surface area contributed by atoms with E-state index in [1.807, 2.05) is 0 Å². The Morgan fingerprint density at radius 3 is 2.37 bits per heavy atom. The number of rotatable bonds is 4. The topological polar surface area (TPSA) is 65.2 Å². The largest absolute Gasteiger partial charge is 0.465 e. The lowest BCUT2D eigenvalue weighted by molar-refractivity contribution is -0.189. The van der Waals surface area contributed by atoms with Gasteiger partial charge in [0.15, 0.2) is 11.8 Å². The summed E-state index contributed by atoms with van der Waals surface area (Å²) in [5, 5.41) is 11.3. The maximum absolute atomic E-state index is 13.6. The summed E-state index contributed by atoms with van der Waals surface area (Å²) in [6.45, 7) is 3.24. The fraction of sp³-hybridized carbons (Fsp3) is 0.375. The van der Waals surface area contributed by atoms with Gasteiger partial charge in [-0.15, -0.1) is 10.2 Å². The quantitative estimate of drug-likeness (QED) is 0.635. The molecule has 1 atom stereocenters. The van der Waals surface area contributed by atoms with E-state index in [-0.39, 0.29) is 11.5 Å². The predicted molar refractivity (Wildman–Crippen MR) is 84.5 cm³/mol. The number of halogens is 5. The van der Waals surface area contributed by atoms with Crippen molar-refractivity contribution in [2.75, 3.05) is 0 Å². The minimum absolute atomic E-state index is 0.152. The van der Waals surface area contributed by atoms with Gasteiger partial charge in [-0.1, -0.05) is 0 Å². The van der Waals surface area contributed by atoms with Crippen molar-refractivity contribution in [1.82, 2.24) is 24.8 Å². The average molecular weight is 387 g/mol. The van der Waals surface area contributed by atoms with Crippen LogP contribution in [-0.2, 0) is 5.92 Å². The average Bonchev–Trinajstić information content (AvgIpc) is 2.97. The summed E-state index contributed by atoms with van der Waals surface area (Å²) >= 11 is 0. The monoisotopic (exact) mass is 387 g/mol. The highest BCUT2D eigenvalue weighted by molar-refractivity contribution is 5.64. The molecular weight excluding hydrogens is 373 g/mol. The predicted octanol–water partition coefficient (Wildman–Crippen LogP) is 3.94. The third kappa shape index (κ3) is 3.81. The Hall–Kier alpha value is -2.85. The molecule has 0 saturated heterocycles. The van der Waals surface area contributed by atoms with Crippen LogP contribution in [0.5, 0.6) is 5.88 Å². The number of ether oxygens (including phenoxy) is 1. The van der Waals surface area contributed by atoms with Gasteiger partial charge < -0.3 is 4.74 Å². The van der Waals surface area contributed by atoms with Gasteiger partial charge in [0.1, 0.15) is 0 Å². The summed E-state index contributed by atoms with van der Waals surface area (Å²) in [4.78, 5) is 3.84. The summed E-state index contributed by atoms with van der Waals surface area (Å²) in [7, 11) is 0. The number of alkyl halides is 5. The molecule has 0 saturated carbocycles. The molecule has 3 aromatic rings. The van der Waals surface area contributed by atoms with Gasteiger partial charge in [0, 0.05) is 24.8 Å². The zero-order valence-corrected chi connectivity index (χ0v) is 14.4. The van der Waals surface area contributed by atoms with Gasteiger partial charge in [-0.25, -0.2) is 4.98 Å². The molecule has 0 aliphatic rings. The second-order valence-corrected chi connectivity index (χ2v) is 6.04. The number of aryl methyl sites for hydroxylation is 1. The van der Waals surface area contributed by atoms with E-state index in [4.69, 9.17) is 4.74 Å². The Balaban J connectivity index is 1.96. The molecule has 144 valence electrons. The van der Waals surface area contributed by atoms with Gasteiger partial charge in [0.05, 0.1) is 5.69 Å². The Labute approximate surface area is 150 Å². The molecule has 3 aromatic heterocycles. The zero-order valence-electron chi connectivity index (χ0n) is 14.4. The van der Waals surface area contributed by atoms with Crippen LogP contribution in [0.3, 0.4) is 0 Å². The van der Waals surface area contributed by atoms with Crippen LogP contribution in [0.4, 0.5) is 22.0 Å². The molecule has 27 heavy (non-hydrogen) atoms. The number of nitrogens with zero attached hydrogens (tertiary/aromatic N) is 5. The van der Waals surface area contributed by atoms with Crippen LogP contribution < -0.4 is 4.74 Å². The minimum atomic E-state index is -4.51. The SMILES string of the molecule is Cc1cc2nnc(C(C)(F)F)n2nc1-c1ccc(O[C@@H](C)C(F)(F)F)nc1. The third-order valence-electron chi connectivity index (χ3n) is 3.74. The van der Waals surface area contributed by atoms with Crippen LogP contribution in [0.15, 0.2) is 24.4 Å². The third-order valence-corrected chi connectivity index (χ3v) is 3.74. The summed E-state index contributed by atoms with van der Waals surface area (Å²) < 4.78 is 70.6. The normalized spacial score (nSPS) is 13.8. The van der Waals surface area contributed by atoms with E-state index in [2.05, 4.69) is 20.3 Å². The standard InChI is InChI=1S/C16H14F5N5O/c1-8-6-11-23-24-14(15(3,17)18)26(11)25-13(8)10-4-5-12(22-7-10)27-9(2)16(19,20)21/h4-7,9H,1-3H3/t9-/m0/s1. The number of hydrogen-bond acceptors (Lipinski definition) is 5. The lowest BCUT2D eigenvalue weighted by Gasteiger charge is -2.17. The first-order valence-corrected chi connectivity index (χ1v) is 7.78. The number of pyridine rings is 1. The van der Waals surface area contributed by atoms with Crippen molar-refractivity contribution >= 4 is 5.65 Å². The second-order valence-electron chi connectivity index (χ2n) is 6.04. The Morgan fingerprint density at radius 2 is 1.81 bits per heavy atom. The smallest absolute Gasteiger partial charge is 0.425 e. The van der Waals surface area contributed by atoms with Crippen LogP contribution in [0.2, 0.25) is 0 Å². The molecule has 0 spiro atoms. The first kappa shape index (κ1) is 18.9. The van der Waals surface area contributed by atoms with Crippen LogP contribution in [-0.4, -0.2) is 37.1 Å². The van der Waals surface area contributed by atoms with E-state index in [1.54, 1.807) is 6.92 Å². The van der Waals surface area contributed by atoms with Gasteiger partial charge in [-0.05, 0) is 31.5 Å². The van der Waals surface area contributed by atoms with Crippen LogP contribution in [0.1, 0.15) is 25.2 Å². The lowest BCUT2D eigenvalue weighted by Crippen LogP contribution is -2.31. The summed E-state index contributed by atoms with van der Waals surface area (Å²) in [5.74, 6) is -4.08. The van der Waals surface area contributed by atoms with Crippen molar-refractivity contribution in [2.24, 2.45) is 0 Å². The van der Waals surface area contributed by atoms with E-state index in [0.29, 0.717) is 23.7 Å². The molecule has 0 amide bonds. The van der Waals surface area contributed by atoms with E-state index in [9.17, 15) is 22.0 Å². The molecule has 0 N–H and O–H groups in total. The fourth-order valence-corrected chi connectivity index (χ4v) is 2.32. The Kier molecular flexibility index (Phi) is 4.48. The van der Waals surface area contributed by atoms with Gasteiger partial charge >= 0.3 is 12.1 Å². The van der Waals surface area contributed by atoms with E-state index in [0.717, 1.165) is 11.4 Å². The van der Waals surface area contributed by atoms with Crippen LogP contribution in [0.25, 0.3) is 16.9 Å². The summed E-state index contributed by atoms with van der Waals surface area (Å²) in [6.07, 6.45) is -5.27. The van der Waals surface area contributed by atoms with Crippen LogP contribution in [0, 0.1) is 6.92 Å². The fourth-order valence-electron chi connectivity index (χ4n) is 2.32. The Morgan fingerprint density at radius 1 is 1.11 bits per heavy atom. The lowest BCUT2D eigenvalue weighted by atomic mass is 10.1. The van der Waals surface area contributed by atoms with Gasteiger partial charge in [-0.3, -0.25) is 0 Å². The molecule has 0 bridgehead atoms. The van der Waals surface area contributed by atoms with Gasteiger partial charge in [0.25, 0.3) is 0 Å². The van der Waals surface area contributed by atoms with Crippen LogP contribution >= 0.6 is 0 Å².